The van der Waals surface area contributed by atoms with Crippen LogP contribution in [0, 0.1) is 5.92 Å². The zero-order chi connectivity index (χ0) is 12.9. The van der Waals surface area contributed by atoms with E-state index in [1.165, 1.54) is 0 Å². The maximum atomic E-state index is 11.5. The summed E-state index contributed by atoms with van der Waals surface area (Å²) in [5.74, 6) is 1.22. The number of piperidine rings is 1. The van der Waals surface area contributed by atoms with E-state index in [0.717, 1.165) is 25.9 Å². The lowest BCUT2D eigenvalue weighted by Gasteiger charge is -2.38. The largest absolute Gasteiger partial charge is 0.317 e. The molecular formula is C12H26N2O2S. The van der Waals surface area contributed by atoms with E-state index in [9.17, 15) is 8.42 Å². The Balaban J connectivity index is 2.42. The van der Waals surface area contributed by atoms with E-state index in [0.29, 0.717) is 24.3 Å². The zero-order valence-corrected chi connectivity index (χ0v) is 12.1. The molecule has 1 N–H and O–H groups in total. The molecule has 1 heterocycles. The Hall–Kier alpha value is -0.130. The van der Waals surface area contributed by atoms with Gasteiger partial charge in [0.05, 0.1) is 5.75 Å². The summed E-state index contributed by atoms with van der Waals surface area (Å²) in [6, 6.07) is 0.596. The molecule has 2 unspecified atom stereocenters. The molecule has 0 bridgehead atoms. The maximum Gasteiger partial charge on any atom is 0.151 e. The van der Waals surface area contributed by atoms with Crippen molar-refractivity contribution < 1.29 is 8.42 Å². The lowest BCUT2D eigenvalue weighted by atomic mass is 9.90. The lowest BCUT2D eigenvalue weighted by Crippen LogP contribution is -2.49. The molecule has 1 aliphatic rings. The predicted octanol–water partition coefficient (Wildman–Crippen LogP) is 0.741. The number of rotatable bonds is 6. The van der Waals surface area contributed by atoms with Crippen molar-refractivity contribution in [3.63, 3.8) is 0 Å². The molecule has 0 aromatic carbocycles. The van der Waals surface area contributed by atoms with E-state index in [2.05, 4.69) is 17.1 Å². The van der Waals surface area contributed by atoms with Gasteiger partial charge in [-0.15, -0.1) is 0 Å². The van der Waals surface area contributed by atoms with Crippen LogP contribution in [0.4, 0.5) is 0 Å². The van der Waals surface area contributed by atoms with Crippen LogP contribution in [0.5, 0.6) is 0 Å². The first-order chi connectivity index (χ1) is 8.02. The standard InChI is InChI=1S/C12H26N2O2S/c1-4-11-10-14(7-6-12(11)13-3)8-9-17(15,16)5-2/h11-13H,4-10H2,1-3H3. The van der Waals surface area contributed by atoms with Crippen LogP contribution in [-0.2, 0) is 9.84 Å². The molecule has 0 aromatic rings. The van der Waals surface area contributed by atoms with Crippen molar-refractivity contribution in [1.29, 1.82) is 0 Å². The topological polar surface area (TPSA) is 49.4 Å². The molecule has 0 spiro atoms. The van der Waals surface area contributed by atoms with Crippen LogP contribution < -0.4 is 5.32 Å². The maximum absolute atomic E-state index is 11.5. The van der Waals surface area contributed by atoms with Gasteiger partial charge in [0.25, 0.3) is 0 Å². The highest BCUT2D eigenvalue weighted by Gasteiger charge is 2.27. The Labute approximate surface area is 106 Å². The molecule has 1 aliphatic heterocycles. The number of nitrogens with zero attached hydrogens (tertiary/aromatic N) is 1. The summed E-state index contributed by atoms with van der Waals surface area (Å²) in [6.45, 7) is 6.67. The minimum atomic E-state index is -2.82. The van der Waals surface area contributed by atoms with Gasteiger partial charge in [-0.25, -0.2) is 8.42 Å². The summed E-state index contributed by atoms with van der Waals surface area (Å²) in [5, 5.41) is 3.36. The van der Waals surface area contributed by atoms with Gasteiger partial charge in [-0.1, -0.05) is 20.3 Å². The summed E-state index contributed by atoms with van der Waals surface area (Å²) in [5.41, 5.74) is 0. The molecule has 0 radical (unpaired) electrons. The highest BCUT2D eigenvalue weighted by atomic mass is 32.2. The zero-order valence-electron chi connectivity index (χ0n) is 11.3. The number of hydrogen-bond acceptors (Lipinski definition) is 4. The van der Waals surface area contributed by atoms with E-state index < -0.39 is 9.84 Å². The molecule has 1 saturated heterocycles. The van der Waals surface area contributed by atoms with Crippen LogP contribution in [0.1, 0.15) is 26.7 Å². The molecule has 0 aromatic heterocycles. The van der Waals surface area contributed by atoms with Crippen molar-refractivity contribution in [3.05, 3.63) is 0 Å². The van der Waals surface area contributed by atoms with Crippen LogP contribution >= 0.6 is 0 Å². The van der Waals surface area contributed by atoms with E-state index in [1.807, 2.05) is 7.05 Å². The summed E-state index contributed by atoms with van der Waals surface area (Å²) in [4.78, 5) is 2.30. The summed E-state index contributed by atoms with van der Waals surface area (Å²) >= 11 is 0. The molecule has 1 fully saturated rings. The van der Waals surface area contributed by atoms with Crippen molar-refractivity contribution in [2.24, 2.45) is 5.92 Å². The monoisotopic (exact) mass is 262 g/mol. The second kappa shape index (κ2) is 6.71. The van der Waals surface area contributed by atoms with Gasteiger partial charge in [0.2, 0.25) is 0 Å². The Morgan fingerprint density at radius 3 is 2.59 bits per heavy atom. The van der Waals surface area contributed by atoms with Crippen molar-refractivity contribution in [2.75, 3.05) is 38.2 Å². The lowest BCUT2D eigenvalue weighted by molar-refractivity contribution is 0.145. The van der Waals surface area contributed by atoms with Crippen LogP contribution in [0.15, 0.2) is 0 Å². The average Bonchev–Trinajstić information content (AvgIpc) is 2.36. The first-order valence-electron chi connectivity index (χ1n) is 6.62. The van der Waals surface area contributed by atoms with Crippen LogP contribution in [-0.4, -0.2) is 57.5 Å². The first-order valence-corrected chi connectivity index (χ1v) is 8.44. The van der Waals surface area contributed by atoms with E-state index in [4.69, 9.17) is 0 Å². The SMILES string of the molecule is CCC1CN(CCS(=O)(=O)CC)CCC1NC. The first kappa shape index (κ1) is 14.9. The van der Waals surface area contributed by atoms with Crippen molar-refractivity contribution in [1.82, 2.24) is 10.2 Å². The fourth-order valence-electron chi connectivity index (χ4n) is 2.52. The van der Waals surface area contributed by atoms with Gasteiger partial charge in [-0.05, 0) is 25.9 Å². The Morgan fingerprint density at radius 1 is 1.35 bits per heavy atom. The molecule has 2 atom stereocenters. The number of sulfone groups is 1. The Morgan fingerprint density at radius 2 is 2.06 bits per heavy atom. The van der Waals surface area contributed by atoms with Gasteiger partial charge in [-0.3, -0.25) is 0 Å². The van der Waals surface area contributed by atoms with E-state index in [1.54, 1.807) is 6.92 Å². The fraction of sp³-hybridized carbons (Fsp3) is 1.00. The molecule has 0 aliphatic carbocycles. The van der Waals surface area contributed by atoms with Gasteiger partial charge >= 0.3 is 0 Å². The van der Waals surface area contributed by atoms with Crippen molar-refractivity contribution >= 4 is 9.84 Å². The van der Waals surface area contributed by atoms with E-state index >= 15 is 0 Å². The molecule has 5 heteroatoms. The third-order valence-electron chi connectivity index (χ3n) is 3.87. The van der Waals surface area contributed by atoms with Gasteiger partial charge in [-0.2, -0.15) is 0 Å². The Bertz CT molecular complexity index is 316. The van der Waals surface area contributed by atoms with Crippen LogP contribution in [0.3, 0.4) is 0 Å². The van der Waals surface area contributed by atoms with Gasteiger partial charge in [0.1, 0.15) is 0 Å². The molecule has 1 rings (SSSR count). The second-order valence-corrected chi connectivity index (χ2v) is 7.36. The van der Waals surface area contributed by atoms with Crippen LogP contribution in [0.2, 0.25) is 0 Å². The molecule has 0 saturated carbocycles. The van der Waals surface area contributed by atoms with Gasteiger partial charge in [0, 0.05) is 24.9 Å². The smallest absolute Gasteiger partial charge is 0.151 e. The average molecular weight is 262 g/mol. The van der Waals surface area contributed by atoms with Crippen LogP contribution in [0.25, 0.3) is 0 Å². The molecule has 4 nitrogen and oxygen atoms in total. The molecule has 0 amide bonds. The van der Waals surface area contributed by atoms with Crippen molar-refractivity contribution in [3.8, 4) is 0 Å². The number of likely N-dealkylation sites (tertiary alicyclic amines) is 1. The Kier molecular flexibility index (Phi) is 5.89. The third-order valence-corrected chi connectivity index (χ3v) is 5.56. The summed E-state index contributed by atoms with van der Waals surface area (Å²) in [6.07, 6.45) is 2.28. The molecule has 17 heavy (non-hydrogen) atoms. The quantitative estimate of drug-likeness (QED) is 0.767. The summed E-state index contributed by atoms with van der Waals surface area (Å²) < 4.78 is 22.9. The highest BCUT2D eigenvalue weighted by molar-refractivity contribution is 7.91. The van der Waals surface area contributed by atoms with E-state index in [-0.39, 0.29) is 5.75 Å². The minimum absolute atomic E-state index is 0.261. The fourth-order valence-corrected chi connectivity index (χ4v) is 3.34. The number of nitrogens with one attached hydrogen (secondary N) is 1. The number of hydrogen-bond donors (Lipinski definition) is 1. The highest BCUT2D eigenvalue weighted by Crippen LogP contribution is 2.19. The predicted molar refractivity (Wildman–Crippen MR) is 72.0 cm³/mol. The molecule has 102 valence electrons. The van der Waals surface area contributed by atoms with Gasteiger partial charge in [0.15, 0.2) is 9.84 Å². The minimum Gasteiger partial charge on any atom is -0.317 e. The second-order valence-electron chi connectivity index (χ2n) is 4.89. The third kappa shape index (κ3) is 4.56. The van der Waals surface area contributed by atoms with Crippen molar-refractivity contribution in [2.45, 2.75) is 32.7 Å². The summed E-state index contributed by atoms with van der Waals surface area (Å²) in [7, 11) is -0.801. The van der Waals surface area contributed by atoms with Gasteiger partial charge < -0.3 is 10.2 Å². The normalized spacial score (nSPS) is 27.2. The molecular weight excluding hydrogens is 236 g/mol.